The molecule has 4 heteroatoms. The smallest absolute Gasteiger partial charge is 0.186 e. The molecule has 0 amide bonds. The monoisotopic (exact) mass is 464 g/mol. The SMILES string of the molecule is C[C@H]1CCC=C2C(=O)C=C([C@]3(CO)CC[C@@H](CO)C4=C3C(=O)C3=CCC[C@H](C)[C@@]3(C)C4)C[C@@]21C. The van der Waals surface area contributed by atoms with E-state index in [2.05, 4.69) is 39.8 Å². The summed E-state index contributed by atoms with van der Waals surface area (Å²) in [7, 11) is 0. The van der Waals surface area contributed by atoms with Crippen LogP contribution in [0.1, 0.15) is 79.1 Å². The Morgan fingerprint density at radius 3 is 2.15 bits per heavy atom. The van der Waals surface area contributed by atoms with E-state index in [1.54, 1.807) is 6.08 Å². The van der Waals surface area contributed by atoms with Gasteiger partial charge in [0.2, 0.25) is 0 Å². The molecule has 0 aromatic heterocycles. The molecule has 0 fully saturated rings. The van der Waals surface area contributed by atoms with Gasteiger partial charge in [-0.05, 0) is 69.3 Å². The van der Waals surface area contributed by atoms with Crippen LogP contribution < -0.4 is 0 Å². The van der Waals surface area contributed by atoms with Crippen LogP contribution in [-0.4, -0.2) is 35.0 Å². The summed E-state index contributed by atoms with van der Waals surface area (Å²) < 4.78 is 0. The normalized spacial score (nSPS) is 42.3. The fourth-order valence-corrected chi connectivity index (χ4v) is 7.99. The molecule has 34 heavy (non-hydrogen) atoms. The van der Waals surface area contributed by atoms with Gasteiger partial charge in [0.25, 0.3) is 0 Å². The molecule has 0 aromatic rings. The van der Waals surface area contributed by atoms with Crippen LogP contribution in [0.5, 0.6) is 0 Å². The van der Waals surface area contributed by atoms with Crippen molar-refractivity contribution in [3.63, 3.8) is 0 Å². The molecule has 0 heterocycles. The standard InChI is InChI=1S/C30H40O4/c1-18-7-5-9-23-25(33)13-21(14-28(18,23)3)30(17-32)12-11-20(16-31)22-15-29(4)19(2)8-6-10-24(29)27(34)26(22)30/h9-10,13,18-20,31-32H,5-8,11-12,14-17H2,1-4H3/t18-,19-,20-,28+,29+,30+/m0/s1. The van der Waals surface area contributed by atoms with E-state index in [9.17, 15) is 19.8 Å². The van der Waals surface area contributed by atoms with Crippen LogP contribution in [0.2, 0.25) is 0 Å². The van der Waals surface area contributed by atoms with Gasteiger partial charge in [0, 0.05) is 45.5 Å². The summed E-state index contributed by atoms with van der Waals surface area (Å²) in [5, 5.41) is 21.3. The van der Waals surface area contributed by atoms with Crippen molar-refractivity contribution >= 4 is 11.6 Å². The summed E-state index contributed by atoms with van der Waals surface area (Å²) in [5.41, 5.74) is 3.16. The Morgan fingerprint density at radius 2 is 1.53 bits per heavy atom. The van der Waals surface area contributed by atoms with E-state index < -0.39 is 5.41 Å². The average Bonchev–Trinajstić information content (AvgIpc) is 2.80. The molecule has 0 bridgehead atoms. The first-order valence-electron chi connectivity index (χ1n) is 13.3. The lowest BCUT2D eigenvalue weighted by atomic mass is 9.49. The van der Waals surface area contributed by atoms with Crippen LogP contribution in [0.25, 0.3) is 0 Å². The molecule has 6 atom stereocenters. The third-order valence-electron chi connectivity index (χ3n) is 10.8. The number of hydrogen-bond donors (Lipinski definition) is 2. The molecule has 0 radical (unpaired) electrons. The van der Waals surface area contributed by atoms with Gasteiger partial charge in [-0.15, -0.1) is 0 Å². The Bertz CT molecular complexity index is 1060. The molecule has 0 spiro atoms. The van der Waals surface area contributed by atoms with Crippen molar-refractivity contribution in [1.29, 1.82) is 0 Å². The molecule has 184 valence electrons. The topological polar surface area (TPSA) is 74.6 Å². The van der Waals surface area contributed by atoms with Crippen LogP contribution in [0.15, 0.2) is 46.1 Å². The zero-order valence-corrected chi connectivity index (χ0v) is 21.2. The van der Waals surface area contributed by atoms with E-state index in [0.717, 1.165) is 60.8 Å². The Morgan fingerprint density at radius 1 is 0.912 bits per heavy atom. The number of aliphatic hydroxyl groups excluding tert-OH is 2. The van der Waals surface area contributed by atoms with Crippen LogP contribution in [-0.2, 0) is 9.59 Å². The van der Waals surface area contributed by atoms with Crippen LogP contribution in [0.4, 0.5) is 0 Å². The molecule has 4 nitrogen and oxygen atoms in total. The van der Waals surface area contributed by atoms with Crippen molar-refractivity contribution in [2.75, 3.05) is 13.2 Å². The zero-order valence-electron chi connectivity index (χ0n) is 21.2. The van der Waals surface area contributed by atoms with Crippen LogP contribution >= 0.6 is 0 Å². The summed E-state index contributed by atoms with van der Waals surface area (Å²) in [4.78, 5) is 27.7. The summed E-state index contributed by atoms with van der Waals surface area (Å²) >= 11 is 0. The first-order valence-corrected chi connectivity index (χ1v) is 13.3. The average molecular weight is 465 g/mol. The highest BCUT2D eigenvalue weighted by Crippen LogP contribution is 2.62. The van der Waals surface area contributed by atoms with Crippen molar-refractivity contribution < 1.29 is 19.8 Å². The number of ketones is 2. The van der Waals surface area contributed by atoms with Gasteiger partial charge in [-0.1, -0.05) is 51.0 Å². The number of allylic oxidation sites excluding steroid dienone is 5. The minimum atomic E-state index is -0.831. The van der Waals surface area contributed by atoms with Gasteiger partial charge in [-0.2, -0.15) is 0 Å². The van der Waals surface area contributed by atoms with Gasteiger partial charge in [0.1, 0.15) is 0 Å². The predicted octanol–water partition coefficient (Wildman–Crippen LogP) is 5.26. The molecule has 5 rings (SSSR count). The summed E-state index contributed by atoms with van der Waals surface area (Å²) in [6.07, 6.45) is 12.7. The lowest BCUT2D eigenvalue weighted by Gasteiger charge is -2.54. The lowest BCUT2D eigenvalue weighted by Crippen LogP contribution is -2.49. The van der Waals surface area contributed by atoms with Crippen molar-refractivity contribution in [1.82, 2.24) is 0 Å². The van der Waals surface area contributed by atoms with E-state index in [-0.39, 0.29) is 41.5 Å². The number of carbonyl (C=O) groups excluding carboxylic acids is 2. The minimum absolute atomic E-state index is 0.0245. The number of Topliss-reactive ketones (excluding diaryl/α,β-unsaturated/α-hetero) is 1. The van der Waals surface area contributed by atoms with E-state index in [1.165, 1.54) is 0 Å². The van der Waals surface area contributed by atoms with Gasteiger partial charge < -0.3 is 10.2 Å². The maximum absolute atomic E-state index is 14.3. The largest absolute Gasteiger partial charge is 0.396 e. The van der Waals surface area contributed by atoms with Crippen molar-refractivity contribution in [3.8, 4) is 0 Å². The van der Waals surface area contributed by atoms with Gasteiger partial charge in [-0.25, -0.2) is 0 Å². The van der Waals surface area contributed by atoms with E-state index in [0.29, 0.717) is 30.3 Å². The maximum Gasteiger partial charge on any atom is 0.186 e. The lowest BCUT2D eigenvalue weighted by molar-refractivity contribution is -0.117. The third kappa shape index (κ3) is 3.10. The fourth-order valence-electron chi connectivity index (χ4n) is 7.99. The fraction of sp³-hybridized carbons (Fsp3) is 0.667. The molecular weight excluding hydrogens is 424 g/mol. The van der Waals surface area contributed by atoms with Crippen molar-refractivity contribution in [2.24, 2.45) is 34.0 Å². The molecule has 0 unspecified atom stereocenters. The highest BCUT2D eigenvalue weighted by molar-refractivity contribution is 6.13. The van der Waals surface area contributed by atoms with E-state index in [4.69, 9.17) is 0 Å². The maximum atomic E-state index is 14.3. The van der Waals surface area contributed by atoms with Gasteiger partial charge >= 0.3 is 0 Å². The highest BCUT2D eigenvalue weighted by Gasteiger charge is 2.56. The van der Waals surface area contributed by atoms with Gasteiger partial charge in [0.05, 0.1) is 6.61 Å². The second-order valence-corrected chi connectivity index (χ2v) is 12.3. The second-order valence-electron chi connectivity index (χ2n) is 12.3. The Hall–Kier alpha value is -1.78. The summed E-state index contributed by atoms with van der Waals surface area (Å²) in [5.74, 6) is 0.809. The van der Waals surface area contributed by atoms with Gasteiger partial charge in [-0.3, -0.25) is 9.59 Å². The summed E-state index contributed by atoms with van der Waals surface area (Å²) in [6.45, 7) is 8.73. The Labute approximate surface area is 203 Å². The molecule has 5 aliphatic carbocycles. The molecule has 0 saturated heterocycles. The Kier molecular flexibility index (Phi) is 5.72. The predicted molar refractivity (Wildman–Crippen MR) is 133 cm³/mol. The number of aliphatic hydroxyl groups is 2. The zero-order chi connectivity index (χ0) is 24.5. The summed E-state index contributed by atoms with van der Waals surface area (Å²) in [6, 6.07) is 0. The quantitative estimate of drug-likeness (QED) is 0.597. The molecule has 0 aliphatic heterocycles. The Balaban J connectivity index is 1.70. The number of fused-ring (bicyclic) bond motifs is 2. The van der Waals surface area contributed by atoms with Crippen molar-refractivity contribution in [2.45, 2.75) is 79.1 Å². The third-order valence-corrected chi connectivity index (χ3v) is 10.8. The second kappa shape index (κ2) is 8.13. The molecule has 5 aliphatic rings. The first-order chi connectivity index (χ1) is 16.1. The number of hydrogen-bond acceptors (Lipinski definition) is 4. The molecule has 0 aromatic carbocycles. The molecular formula is C30H40O4. The van der Waals surface area contributed by atoms with E-state index >= 15 is 0 Å². The molecule has 2 N–H and O–H groups in total. The highest BCUT2D eigenvalue weighted by atomic mass is 16.3. The molecule has 0 saturated carbocycles. The van der Waals surface area contributed by atoms with Gasteiger partial charge in [0.15, 0.2) is 11.6 Å². The van der Waals surface area contributed by atoms with Crippen LogP contribution in [0, 0.1) is 34.0 Å². The number of rotatable bonds is 3. The van der Waals surface area contributed by atoms with Crippen LogP contribution in [0.3, 0.4) is 0 Å². The van der Waals surface area contributed by atoms with Crippen molar-refractivity contribution in [3.05, 3.63) is 46.1 Å². The minimum Gasteiger partial charge on any atom is -0.396 e. The first kappa shape index (κ1) is 23.9. The number of carbonyl (C=O) groups is 2. The van der Waals surface area contributed by atoms with E-state index in [1.807, 2.05) is 0 Å².